The standard InChI is InChI=1S/C19H28N4O2/c1-3-4-10-21(2)19(25)18-16(13-22-11-7-8-15(22)14-24)23-12-6-5-9-17(23)20-18/h5-6,9,12,15,24H,3-4,7-8,10-11,13-14H2,1-2H3/t15-/m0/s1. The predicted octanol–water partition coefficient (Wildman–Crippen LogP) is 2.16. The van der Waals surface area contributed by atoms with Gasteiger partial charge >= 0.3 is 0 Å². The fraction of sp³-hybridized carbons (Fsp3) is 0.579. The molecule has 3 rings (SSSR count). The smallest absolute Gasteiger partial charge is 0.274 e. The molecule has 136 valence electrons. The third-order valence-corrected chi connectivity index (χ3v) is 5.09. The highest BCUT2D eigenvalue weighted by Gasteiger charge is 2.28. The van der Waals surface area contributed by atoms with Gasteiger partial charge in [0, 0.05) is 32.4 Å². The molecule has 0 unspecified atom stereocenters. The molecule has 1 saturated heterocycles. The van der Waals surface area contributed by atoms with Gasteiger partial charge < -0.3 is 14.4 Å². The molecule has 6 nitrogen and oxygen atoms in total. The van der Waals surface area contributed by atoms with Gasteiger partial charge in [-0.3, -0.25) is 9.69 Å². The average Bonchev–Trinajstić information content (AvgIpc) is 3.24. The van der Waals surface area contributed by atoms with E-state index in [9.17, 15) is 9.90 Å². The molecule has 0 bridgehead atoms. The van der Waals surface area contributed by atoms with Crippen LogP contribution in [0.25, 0.3) is 5.65 Å². The van der Waals surface area contributed by atoms with Crippen LogP contribution in [0.5, 0.6) is 0 Å². The molecule has 1 fully saturated rings. The number of fused-ring (bicyclic) bond motifs is 1. The normalized spacial score (nSPS) is 18.1. The lowest BCUT2D eigenvalue weighted by molar-refractivity contribution is 0.0784. The van der Waals surface area contributed by atoms with E-state index < -0.39 is 0 Å². The molecule has 3 heterocycles. The Kier molecular flexibility index (Phi) is 5.71. The van der Waals surface area contributed by atoms with Crippen molar-refractivity contribution >= 4 is 11.6 Å². The Hall–Kier alpha value is -1.92. The fourth-order valence-electron chi connectivity index (χ4n) is 3.55. The lowest BCUT2D eigenvalue weighted by Gasteiger charge is -2.23. The number of aromatic nitrogens is 2. The third-order valence-electron chi connectivity index (χ3n) is 5.09. The zero-order valence-electron chi connectivity index (χ0n) is 15.2. The number of aliphatic hydroxyl groups excluding tert-OH is 1. The van der Waals surface area contributed by atoms with Crippen LogP contribution in [0, 0.1) is 0 Å². The molecule has 1 aliphatic heterocycles. The van der Waals surface area contributed by atoms with Crippen LogP contribution >= 0.6 is 0 Å². The summed E-state index contributed by atoms with van der Waals surface area (Å²) in [6.07, 6.45) is 6.10. The maximum Gasteiger partial charge on any atom is 0.274 e. The van der Waals surface area contributed by atoms with Crippen LogP contribution in [0.15, 0.2) is 24.4 Å². The molecule has 25 heavy (non-hydrogen) atoms. The Morgan fingerprint density at radius 1 is 1.44 bits per heavy atom. The van der Waals surface area contributed by atoms with Crippen molar-refractivity contribution in [2.45, 2.75) is 45.2 Å². The number of amides is 1. The van der Waals surface area contributed by atoms with Gasteiger partial charge in [-0.15, -0.1) is 0 Å². The minimum absolute atomic E-state index is 0.0214. The summed E-state index contributed by atoms with van der Waals surface area (Å²) in [5.74, 6) is -0.0214. The minimum atomic E-state index is -0.0214. The van der Waals surface area contributed by atoms with E-state index in [0.29, 0.717) is 12.2 Å². The number of carbonyl (C=O) groups is 1. The number of likely N-dealkylation sites (tertiary alicyclic amines) is 1. The maximum absolute atomic E-state index is 12.9. The second-order valence-electron chi connectivity index (χ2n) is 6.87. The number of aliphatic hydroxyl groups is 1. The highest BCUT2D eigenvalue weighted by atomic mass is 16.3. The number of hydrogen-bond acceptors (Lipinski definition) is 4. The molecule has 0 radical (unpaired) electrons. The summed E-state index contributed by atoms with van der Waals surface area (Å²) >= 11 is 0. The van der Waals surface area contributed by atoms with E-state index in [1.807, 2.05) is 35.8 Å². The lowest BCUT2D eigenvalue weighted by atomic mass is 10.2. The molecule has 1 amide bonds. The van der Waals surface area contributed by atoms with Gasteiger partial charge in [0.1, 0.15) is 5.65 Å². The summed E-state index contributed by atoms with van der Waals surface area (Å²) in [5.41, 5.74) is 2.25. The number of imidazole rings is 1. The number of hydrogen-bond donors (Lipinski definition) is 1. The van der Waals surface area contributed by atoms with Crippen LogP contribution in [-0.2, 0) is 6.54 Å². The summed E-state index contributed by atoms with van der Waals surface area (Å²) in [6.45, 7) is 4.61. The monoisotopic (exact) mass is 344 g/mol. The molecule has 1 aliphatic rings. The van der Waals surface area contributed by atoms with E-state index in [4.69, 9.17) is 0 Å². The first kappa shape index (κ1) is 17.9. The average molecular weight is 344 g/mol. The number of unbranched alkanes of at least 4 members (excludes halogenated alkanes) is 1. The number of carbonyl (C=O) groups excluding carboxylic acids is 1. The Morgan fingerprint density at radius 2 is 2.28 bits per heavy atom. The van der Waals surface area contributed by atoms with Gasteiger partial charge in [0.25, 0.3) is 5.91 Å². The van der Waals surface area contributed by atoms with E-state index >= 15 is 0 Å². The van der Waals surface area contributed by atoms with Crippen molar-refractivity contribution in [2.24, 2.45) is 0 Å². The molecule has 2 aromatic heterocycles. The summed E-state index contributed by atoms with van der Waals surface area (Å²) in [6, 6.07) is 6.00. The molecule has 6 heteroatoms. The van der Waals surface area contributed by atoms with Gasteiger partial charge in [-0.1, -0.05) is 19.4 Å². The Morgan fingerprint density at radius 3 is 3.04 bits per heavy atom. The van der Waals surface area contributed by atoms with Crippen molar-refractivity contribution in [3.05, 3.63) is 35.8 Å². The van der Waals surface area contributed by atoms with Crippen LogP contribution in [0.2, 0.25) is 0 Å². The first-order valence-electron chi connectivity index (χ1n) is 9.22. The second kappa shape index (κ2) is 7.97. The second-order valence-corrected chi connectivity index (χ2v) is 6.87. The van der Waals surface area contributed by atoms with Crippen LogP contribution in [0.4, 0.5) is 0 Å². The summed E-state index contributed by atoms with van der Waals surface area (Å²) in [4.78, 5) is 21.6. The molecular formula is C19H28N4O2. The van der Waals surface area contributed by atoms with Gasteiger partial charge in [0.05, 0.1) is 12.3 Å². The van der Waals surface area contributed by atoms with Crippen molar-refractivity contribution in [1.82, 2.24) is 19.2 Å². The SMILES string of the molecule is CCCCN(C)C(=O)c1nc2ccccn2c1CN1CCC[C@H]1CO. The first-order chi connectivity index (χ1) is 12.2. The van der Waals surface area contributed by atoms with Crippen molar-refractivity contribution < 1.29 is 9.90 Å². The summed E-state index contributed by atoms with van der Waals surface area (Å²) < 4.78 is 2.01. The number of pyridine rings is 1. The van der Waals surface area contributed by atoms with E-state index in [1.165, 1.54) is 0 Å². The maximum atomic E-state index is 12.9. The van der Waals surface area contributed by atoms with E-state index in [-0.39, 0.29) is 18.6 Å². The topological polar surface area (TPSA) is 61.1 Å². The number of rotatable bonds is 7. The van der Waals surface area contributed by atoms with E-state index in [0.717, 1.165) is 50.1 Å². The van der Waals surface area contributed by atoms with Gasteiger partial charge in [-0.2, -0.15) is 0 Å². The molecule has 0 saturated carbocycles. The predicted molar refractivity (Wildman–Crippen MR) is 97.6 cm³/mol. The van der Waals surface area contributed by atoms with Crippen molar-refractivity contribution in [1.29, 1.82) is 0 Å². The number of nitrogens with zero attached hydrogens (tertiary/aromatic N) is 4. The van der Waals surface area contributed by atoms with Crippen molar-refractivity contribution in [3.8, 4) is 0 Å². The van der Waals surface area contributed by atoms with Crippen LogP contribution < -0.4 is 0 Å². The van der Waals surface area contributed by atoms with Crippen LogP contribution in [-0.4, -0.2) is 63.0 Å². The van der Waals surface area contributed by atoms with Crippen molar-refractivity contribution in [3.63, 3.8) is 0 Å². The molecule has 2 aromatic rings. The van der Waals surface area contributed by atoms with Gasteiger partial charge in [-0.05, 0) is 37.9 Å². The minimum Gasteiger partial charge on any atom is -0.395 e. The van der Waals surface area contributed by atoms with E-state index in [2.05, 4.69) is 16.8 Å². The molecule has 0 aliphatic carbocycles. The highest BCUT2D eigenvalue weighted by Crippen LogP contribution is 2.23. The van der Waals surface area contributed by atoms with Crippen LogP contribution in [0.1, 0.15) is 48.8 Å². The molecule has 1 atom stereocenters. The first-order valence-corrected chi connectivity index (χ1v) is 9.22. The lowest BCUT2D eigenvalue weighted by Crippen LogP contribution is -2.34. The Bertz CT molecular complexity index is 727. The molecule has 0 aromatic carbocycles. The Labute approximate surface area is 149 Å². The van der Waals surface area contributed by atoms with Gasteiger partial charge in [0.2, 0.25) is 0 Å². The zero-order valence-corrected chi connectivity index (χ0v) is 15.2. The summed E-state index contributed by atoms with van der Waals surface area (Å²) in [5, 5.41) is 9.60. The molecule has 0 spiro atoms. The molecular weight excluding hydrogens is 316 g/mol. The van der Waals surface area contributed by atoms with Gasteiger partial charge in [0.15, 0.2) is 5.69 Å². The quantitative estimate of drug-likeness (QED) is 0.836. The zero-order chi connectivity index (χ0) is 17.8. The Balaban J connectivity index is 1.93. The summed E-state index contributed by atoms with van der Waals surface area (Å²) in [7, 11) is 1.85. The highest BCUT2D eigenvalue weighted by molar-refractivity contribution is 5.94. The van der Waals surface area contributed by atoms with Crippen LogP contribution in [0.3, 0.4) is 0 Å². The van der Waals surface area contributed by atoms with Crippen molar-refractivity contribution in [2.75, 3.05) is 26.7 Å². The third kappa shape index (κ3) is 3.70. The van der Waals surface area contributed by atoms with E-state index in [1.54, 1.807) is 4.90 Å². The fourth-order valence-corrected chi connectivity index (χ4v) is 3.55. The largest absolute Gasteiger partial charge is 0.395 e. The molecule has 1 N–H and O–H groups in total. The van der Waals surface area contributed by atoms with Gasteiger partial charge in [-0.25, -0.2) is 4.98 Å².